The van der Waals surface area contributed by atoms with Gasteiger partial charge in [-0.25, -0.2) is 0 Å². The Balaban J connectivity index is 2.95. The van der Waals surface area contributed by atoms with E-state index in [1.807, 2.05) is 6.92 Å². The van der Waals surface area contributed by atoms with Crippen molar-refractivity contribution in [3.8, 4) is 0 Å². The number of carbonyl (C=O) groups is 2. The molecule has 2 N–H and O–H groups in total. The van der Waals surface area contributed by atoms with Gasteiger partial charge in [-0.05, 0) is 31.0 Å². The van der Waals surface area contributed by atoms with Crippen LogP contribution >= 0.6 is 0 Å². The number of nitrogens with one attached hydrogen (secondary N) is 1. The van der Waals surface area contributed by atoms with E-state index in [-0.39, 0.29) is 12.3 Å². The first-order valence-electron chi connectivity index (χ1n) is 5.91. The van der Waals surface area contributed by atoms with Gasteiger partial charge in [-0.2, -0.15) is 0 Å². The third kappa shape index (κ3) is 3.84. The molecule has 0 aliphatic heterocycles. The number of carboxylic acid groups (broad SMARTS) is 1. The lowest BCUT2D eigenvalue weighted by Crippen LogP contribution is -2.45. The normalized spacial score (nSPS) is 13.7. The molecule has 5 nitrogen and oxygen atoms in total. The molecule has 0 bridgehead atoms. The molecule has 18 heavy (non-hydrogen) atoms. The monoisotopic (exact) mass is 250 g/mol. The molecule has 1 aromatic rings. The quantitative estimate of drug-likeness (QED) is 0.805. The molecule has 1 amide bonds. The molecular weight excluding hydrogens is 232 g/mol. The first kappa shape index (κ1) is 14.2. The Morgan fingerprint density at radius 1 is 1.39 bits per heavy atom. The number of pyridine rings is 1. The van der Waals surface area contributed by atoms with Crippen molar-refractivity contribution in [2.75, 3.05) is 0 Å². The van der Waals surface area contributed by atoms with Gasteiger partial charge in [-0.1, -0.05) is 6.92 Å². The zero-order chi connectivity index (χ0) is 13.6. The second kappa shape index (κ2) is 6.14. The fourth-order valence-electron chi connectivity index (χ4n) is 1.84. The number of aliphatic carboxylic acids is 1. The van der Waals surface area contributed by atoms with Gasteiger partial charge in [0, 0.05) is 18.8 Å². The molecule has 0 saturated carbocycles. The number of carbonyl (C=O) groups excluding carboxylic acids is 1. The molecule has 0 saturated heterocycles. The number of aromatic nitrogens is 1. The first-order valence-corrected chi connectivity index (χ1v) is 5.91. The predicted molar refractivity (Wildman–Crippen MR) is 66.9 cm³/mol. The van der Waals surface area contributed by atoms with E-state index in [4.69, 9.17) is 5.11 Å². The molecule has 0 radical (unpaired) electrons. The van der Waals surface area contributed by atoms with Crippen molar-refractivity contribution < 1.29 is 14.7 Å². The van der Waals surface area contributed by atoms with Crippen molar-refractivity contribution in [2.24, 2.45) is 0 Å². The van der Waals surface area contributed by atoms with Gasteiger partial charge in [-0.15, -0.1) is 0 Å². The molecule has 1 unspecified atom stereocenters. The van der Waals surface area contributed by atoms with Crippen molar-refractivity contribution >= 4 is 11.9 Å². The lowest BCUT2D eigenvalue weighted by atomic mass is 9.89. The minimum absolute atomic E-state index is 0.141. The Morgan fingerprint density at radius 2 is 2.00 bits per heavy atom. The fraction of sp³-hybridized carbons (Fsp3) is 0.462. The second-order valence-corrected chi connectivity index (χ2v) is 4.44. The van der Waals surface area contributed by atoms with Crippen molar-refractivity contribution in [1.29, 1.82) is 0 Å². The Labute approximate surface area is 106 Å². The van der Waals surface area contributed by atoms with Crippen molar-refractivity contribution in [1.82, 2.24) is 10.3 Å². The molecule has 0 aliphatic carbocycles. The second-order valence-electron chi connectivity index (χ2n) is 4.44. The minimum atomic E-state index is -0.953. The smallest absolute Gasteiger partial charge is 0.306 e. The Hall–Kier alpha value is -1.91. The van der Waals surface area contributed by atoms with E-state index >= 15 is 0 Å². The maximum Gasteiger partial charge on any atom is 0.306 e. The standard InChI is InChI=1S/C13H18N2O3/c1-3-4-11(16)15-13(2,9-12(17)18)10-5-7-14-8-6-10/h5-8H,3-4,9H2,1-2H3,(H,15,16)(H,17,18). The summed E-state index contributed by atoms with van der Waals surface area (Å²) in [6.07, 6.45) is 4.13. The van der Waals surface area contributed by atoms with Gasteiger partial charge >= 0.3 is 5.97 Å². The van der Waals surface area contributed by atoms with Gasteiger partial charge in [0.15, 0.2) is 0 Å². The zero-order valence-electron chi connectivity index (χ0n) is 10.6. The number of rotatable bonds is 6. The molecular formula is C13H18N2O3. The summed E-state index contributed by atoms with van der Waals surface area (Å²) < 4.78 is 0. The van der Waals surface area contributed by atoms with Crippen LogP contribution < -0.4 is 5.32 Å². The highest BCUT2D eigenvalue weighted by Crippen LogP contribution is 2.24. The fourth-order valence-corrected chi connectivity index (χ4v) is 1.84. The highest BCUT2D eigenvalue weighted by Gasteiger charge is 2.31. The van der Waals surface area contributed by atoms with Crippen LogP contribution in [-0.4, -0.2) is 22.0 Å². The SMILES string of the molecule is CCCC(=O)NC(C)(CC(=O)O)c1ccncc1. The van der Waals surface area contributed by atoms with E-state index in [0.29, 0.717) is 6.42 Å². The summed E-state index contributed by atoms with van der Waals surface area (Å²) in [5.74, 6) is -1.09. The average molecular weight is 250 g/mol. The Kier molecular flexibility index (Phi) is 4.83. The van der Waals surface area contributed by atoms with E-state index in [0.717, 1.165) is 12.0 Å². The van der Waals surface area contributed by atoms with Crippen LogP contribution in [-0.2, 0) is 15.1 Å². The number of nitrogens with zero attached hydrogens (tertiary/aromatic N) is 1. The molecule has 0 spiro atoms. The third-order valence-corrected chi connectivity index (χ3v) is 2.71. The van der Waals surface area contributed by atoms with Crippen LogP contribution in [0.1, 0.15) is 38.7 Å². The van der Waals surface area contributed by atoms with E-state index < -0.39 is 11.5 Å². The zero-order valence-corrected chi connectivity index (χ0v) is 10.6. The first-order chi connectivity index (χ1) is 8.48. The maximum atomic E-state index is 11.7. The van der Waals surface area contributed by atoms with Gasteiger partial charge in [0.1, 0.15) is 0 Å². The highest BCUT2D eigenvalue weighted by atomic mass is 16.4. The van der Waals surface area contributed by atoms with Crippen LogP contribution in [0.2, 0.25) is 0 Å². The lowest BCUT2D eigenvalue weighted by molar-refractivity contribution is -0.139. The van der Waals surface area contributed by atoms with Crippen molar-refractivity contribution in [3.63, 3.8) is 0 Å². The number of amides is 1. The van der Waals surface area contributed by atoms with Crippen LogP contribution in [0.15, 0.2) is 24.5 Å². The van der Waals surface area contributed by atoms with E-state index in [2.05, 4.69) is 10.3 Å². The summed E-state index contributed by atoms with van der Waals surface area (Å²) in [5.41, 5.74) is -0.162. The summed E-state index contributed by atoms with van der Waals surface area (Å²) in [4.78, 5) is 26.5. The molecule has 1 aromatic heterocycles. The largest absolute Gasteiger partial charge is 0.481 e. The summed E-state index contributed by atoms with van der Waals surface area (Å²) in [7, 11) is 0. The van der Waals surface area contributed by atoms with Gasteiger partial charge < -0.3 is 10.4 Å². The van der Waals surface area contributed by atoms with Gasteiger partial charge in [0.25, 0.3) is 0 Å². The van der Waals surface area contributed by atoms with Gasteiger partial charge in [0.05, 0.1) is 12.0 Å². The van der Waals surface area contributed by atoms with Crippen LogP contribution in [0.25, 0.3) is 0 Å². The number of carboxylic acids is 1. The molecule has 0 fully saturated rings. The molecule has 5 heteroatoms. The molecule has 1 heterocycles. The summed E-state index contributed by atoms with van der Waals surface area (Å²) in [5, 5.41) is 11.8. The molecule has 0 aliphatic rings. The molecule has 0 aromatic carbocycles. The summed E-state index contributed by atoms with van der Waals surface area (Å²) in [6, 6.07) is 3.43. The maximum absolute atomic E-state index is 11.7. The van der Waals surface area contributed by atoms with E-state index in [1.54, 1.807) is 31.5 Å². The number of hydrogen-bond acceptors (Lipinski definition) is 3. The van der Waals surface area contributed by atoms with Crippen molar-refractivity contribution in [2.45, 2.75) is 38.6 Å². The average Bonchev–Trinajstić information content (AvgIpc) is 2.29. The Morgan fingerprint density at radius 3 is 2.50 bits per heavy atom. The molecule has 1 atom stereocenters. The van der Waals surface area contributed by atoms with Crippen LogP contribution in [0.3, 0.4) is 0 Å². The van der Waals surface area contributed by atoms with Crippen LogP contribution in [0.5, 0.6) is 0 Å². The lowest BCUT2D eigenvalue weighted by Gasteiger charge is -2.29. The van der Waals surface area contributed by atoms with Crippen molar-refractivity contribution in [3.05, 3.63) is 30.1 Å². The van der Waals surface area contributed by atoms with Crippen LogP contribution in [0.4, 0.5) is 0 Å². The minimum Gasteiger partial charge on any atom is -0.481 e. The topological polar surface area (TPSA) is 79.3 Å². The summed E-state index contributed by atoms with van der Waals surface area (Å²) in [6.45, 7) is 3.62. The highest BCUT2D eigenvalue weighted by molar-refractivity contribution is 5.78. The summed E-state index contributed by atoms with van der Waals surface area (Å²) >= 11 is 0. The third-order valence-electron chi connectivity index (χ3n) is 2.71. The van der Waals surface area contributed by atoms with E-state index in [9.17, 15) is 9.59 Å². The van der Waals surface area contributed by atoms with E-state index in [1.165, 1.54) is 0 Å². The van der Waals surface area contributed by atoms with Crippen LogP contribution in [0, 0.1) is 0 Å². The number of hydrogen-bond donors (Lipinski definition) is 2. The predicted octanol–water partition coefficient (Wildman–Crippen LogP) is 1.69. The van der Waals surface area contributed by atoms with Gasteiger partial charge in [0.2, 0.25) is 5.91 Å². The molecule has 1 rings (SSSR count). The Bertz CT molecular complexity index is 420. The van der Waals surface area contributed by atoms with Gasteiger partial charge in [-0.3, -0.25) is 14.6 Å². The molecule has 98 valence electrons.